The molecule has 1 heterocycles. The Bertz CT molecular complexity index is 322. The molecule has 0 amide bonds. The molecule has 1 aromatic heterocycles. The summed E-state index contributed by atoms with van der Waals surface area (Å²) in [6.45, 7) is 10.1. The third kappa shape index (κ3) is 4.78. The Labute approximate surface area is 109 Å². The number of nitrogens with one attached hydrogen (secondary N) is 1. The Hall–Kier alpha value is -0.380. The van der Waals surface area contributed by atoms with E-state index in [1.165, 1.54) is 24.3 Å². The smallest absolute Gasteiger partial charge is 0.0331 e. The van der Waals surface area contributed by atoms with Gasteiger partial charge in [-0.15, -0.1) is 11.3 Å². The fourth-order valence-electron chi connectivity index (χ4n) is 2.01. The third-order valence-corrected chi connectivity index (χ3v) is 3.92. The molecule has 2 nitrogen and oxygen atoms in total. The van der Waals surface area contributed by atoms with E-state index in [-0.39, 0.29) is 5.54 Å². The lowest BCUT2D eigenvalue weighted by atomic mass is 10.1. The van der Waals surface area contributed by atoms with Crippen LogP contribution in [0.2, 0.25) is 0 Å². The van der Waals surface area contributed by atoms with Gasteiger partial charge in [-0.25, -0.2) is 0 Å². The second-order valence-corrected chi connectivity index (χ2v) is 6.99. The summed E-state index contributed by atoms with van der Waals surface area (Å²) in [5.41, 5.74) is 0.234. The predicted octanol–water partition coefficient (Wildman–Crippen LogP) is 3.10. The van der Waals surface area contributed by atoms with E-state index in [0.29, 0.717) is 0 Å². The summed E-state index contributed by atoms with van der Waals surface area (Å²) < 4.78 is 0. The van der Waals surface area contributed by atoms with Crippen molar-refractivity contribution in [2.45, 2.75) is 51.7 Å². The van der Waals surface area contributed by atoms with Crippen LogP contribution in [-0.2, 0) is 6.54 Å². The van der Waals surface area contributed by atoms with Crippen LogP contribution in [0.25, 0.3) is 0 Å². The van der Waals surface area contributed by atoms with E-state index in [9.17, 15) is 0 Å². The van der Waals surface area contributed by atoms with E-state index in [0.717, 1.165) is 19.1 Å². The van der Waals surface area contributed by atoms with E-state index >= 15 is 0 Å². The van der Waals surface area contributed by atoms with Crippen molar-refractivity contribution in [3.8, 4) is 0 Å². The first kappa shape index (κ1) is 13.1. The molecule has 0 bridgehead atoms. The Morgan fingerprint density at radius 2 is 2.18 bits per heavy atom. The highest BCUT2D eigenvalue weighted by Crippen LogP contribution is 2.28. The first-order valence-corrected chi connectivity index (χ1v) is 7.44. The Morgan fingerprint density at radius 3 is 2.71 bits per heavy atom. The first-order chi connectivity index (χ1) is 8.04. The topological polar surface area (TPSA) is 15.3 Å². The molecule has 0 aliphatic heterocycles. The molecule has 0 saturated heterocycles. The zero-order valence-corrected chi connectivity index (χ0v) is 12.0. The van der Waals surface area contributed by atoms with E-state index in [4.69, 9.17) is 0 Å². The number of nitrogens with zero attached hydrogens (tertiary/aromatic N) is 1. The molecule has 96 valence electrons. The zero-order chi connectivity index (χ0) is 12.3. The summed E-state index contributed by atoms with van der Waals surface area (Å²) in [6.07, 6.45) is 2.78. The van der Waals surface area contributed by atoms with Crippen LogP contribution in [0, 0.1) is 0 Å². The summed E-state index contributed by atoms with van der Waals surface area (Å²) in [4.78, 5) is 4.12. The fraction of sp³-hybridized carbons (Fsp3) is 0.714. The molecule has 17 heavy (non-hydrogen) atoms. The Kier molecular flexibility index (Phi) is 4.23. The standard InChI is InChI=1S/C14H24N2S/c1-14(2,3)15-8-9-16(12-6-7-12)11-13-5-4-10-17-13/h4-5,10,12,15H,6-9,11H2,1-3H3. The predicted molar refractivity (Wildman–Crippen MR) is 75.5 cm³/mol. The van der Waals surface area contributed by atoms with Gasteiger partial charge in [0.15, 0.2) is 0 Å². The minimum absolute atomic E-state index is 0.234. The minimum Gasteiger partial charge on any atom is -0.311 e. The van der Waals surface area contributed by atoms with Crippen LogP contribution in [0.4, 0.5) is 0 Å². The third-order valence-electron chi connectivity index (χ3n) is 3.06. The van der Waals surface area contributed by atoms with Gasteiger partial charge in [-0.05, 0) is 45.1 Å². The summed E-state index contributed by atoms with van der Waals surface area (Å²) in [5, 5.41) is 5.75. The van der Waals surface area contributed by atoms with E-state index in [1.54, 1.807) is 0 Å². The SMILES string of the molecule is CC(C)(C)NCCN(Cc1cccs1)C1CC1. The van der Waals surface area contributed by atoms with Gasteiger partial charge in [-0.2, -0.15) is 0 Å². The lowest BCUT2D eigenvalue weighted by Gasteiger charge is -2.25. The minimum atomic E-state index is 0.234. The van der Waals surface area contributed by atoms with Gasteiger partial charge in [0, 0.05) is 36.1 Å². The average molecular weight is 252 g/mol. The largest absolute Gasteiger partial charge is 0.311 e. The van der Waals surface area contributed by atoms with E-state index in [2.05, 4.69) is 48.5 Å². The van der Waals surface area contributed by atoms with Gasteiger partial charge in [0.25, 0.3) is 0 Å². The van der Waals surface area contributed by atoms with Gasteiger partial charge >= 0.3 is 0 Å². The normalized spacial score (nSPS) is 16.7. The highest BCUT2D eigenvalue weighted by molar-refractivity contribution is 7.09. The summed E-state index contributed by atoms with van der Waals surface area (Å²) in [6, 6.07) is 5.24. The van der Waals surface area contributed by atoms with E-state index in [1.807, 2.05) is 11.3 Å². The van der Waals surface area contributed by atoms with Gasteiger partial charge in [0.1, 0.15) is 0 Å². The molecule has 1 aromatic rings. The average Bonchev–Trinajstić information content (AvgIpc) is 2.95. The monoisotopic (exact) mass is 252 g/mol. The molecule has 1 aliphatic carbocycles. The quantitative estimate of drug-likeness (QED) is 0.837. The molecule has 0 atom stereocenters. The van der Waals surface area contributed by atoms with Gasteiger partial charge in [0.05, 0.1) is 0 Å². The molecule has 2 rings (SSSR count). The van der Waals surface area contributed by atoms with Crippen molar-refractivity contribution >= 4 is 11.3 Å². The van der Waals surface area contributed by atoms with Crippen molar-refractivity contribution in [3.05, 3.63) is 22.4 Å². The maximum atomic E-state index is 3.58. The summed E-state index contributed by atoms with van der Waals surface area (Å²) in [5.74, 6) is 0. The van der Waals surface area contributed by atoms with Crippen molar-refractivity contribution in [1.29, 1.82) is 0 Å². The molecule has 0 unspecified atom stereocenters. The molecule has 1 aliphatic rings. The number of thiophene rings is 1. The highest BCUT2D eigenvalue weighted by Gasteiger charge is 2.28. The van der Waals surface area contributed by atoms with Crippen LogP contribution in [0.5, 0.6) is 0 Å². The van der Waals surface area contributed by atoms with Crippen molar-refractivity contribution < 1.29 is 0 Å². The molecule has 0 aromatic carbocycles. The summed E-state index contributed by atoms with van der Waals surface area (Å²) >= 11 is 1.87. The number of hydrogen-bond acceptors (Lipinski definition) is 3. The van der Waals surface area contributed by atoms with Crippen LogP contribution in [0.3, 0.4) is 0 Å². The molecule has 1 fully saturated rings. The highest BCUT2D eigenvalue weighted by atomic mass is 32.1. The van der Waals surface area contributed by atoms with Crippen LogP contribution in [-0.4, -0.2) is 29.6 Å². The Balaban J connectivity index is 1.77. The maximum Gasteiger partial charge on any atom is 0.0331 e. The lowest BCUT2D eigenvalue weighted by Crippen LogP contribution is -2.41. The second-order valence-electron chi connectivity index (χ2n) is 5.96. The van der Waals surface area contributed by atoms with Crippen LogP contribution in [0.15, 0.2) is 17.5 Å². The Morgan fingerprint density at radius 1 is 1.41 bits per heavy atom. The maximum absolute atomic E-state index is 3.58. The van der Waals surface area contributed by atoms with Gasteiger partial charge < -0.3 is 5.32 Å². The van der Waals surface area contributed by atoms with Crippen molar-refractivity contribution in [2.24, 2.45) is 0 Å². The fourth-order valence-corrected chi connectivity index (χ4v) is 2.74. The van der Waals surface area contributed by atoms with E-state index < -0.39 is 0 Å². The van der Waals surface area contributed by atoms with Gasteiger partial charge in [-0.1, -0.05) is 6.07 Å². The van der Waals surface area contributed by atoms with Crippen molar-refractivity contribution in [2.75, 3.05) is 13.1 Å². The van der Waals surface area contributed by atoms with Crippen LogP contribution >= 0.6 is 11.3 Å². The molecule has 1 saturated carbocycles. The van der Waals surface area contributed by atoms with Gasteiger partial charge in [-0.3, -0.25) is 4.90 Å². The molecular formula is C14H24N2S. The molecule has 3 heteroatoms. The molecule has 0 spiro atoms. The number of hydrogen-bond donors (Lipinski definition) is 1. The van der Waals surface area contributed by atoms with Crippen LogP contribution < -0.4 is 5.32 Å². The van der Waals surface area contributed by atoms with Crippen molar-refractivity contribution in [3.63, 3.8) is 0 Å². The lowest BCUT2D eigenvalue weighted by molar-refractivity contribution is 0.246. The molecular weight excluding hydrogens is 228 g/mol. The number of rotatable bonds is 6. The zero-order valence-electron chi connectivity index (χ0n) is 11.2. The molecule has 1 N–H and O–H groups in total. The first-order valence-electron chi connectivity index (χ1n) is 6.56. The van der Waals surface area contributed by atoms with Crippen LogP contribution in [0.1, 0.15) is 38.5 Å². The summed E-state index contributed by atoms with van der Waals surface area (Å²) in [7, 11) is 0. The van der Waals surface area contributed by atoms with Gasteiger partial charge in [0.2, 0.25) is 0 Å². The second kappa shape index (κ2) is 5.51. The molecule has 0 radical (unpaired) electrons. The van der Waals surface area contributed by atoms with Crippen molar-refractivity contribution in [1.82, 2.24) is 10.2 Å².